The zero-order valence-corrected chi connectivity index (χ0v) is 11.6. The quantitative estimate of drug-likeness (QED) is 0.883. The summed E-state index contributed by atoms with van der Waals surface area (Å²) in [7, 11) is 0. The van der Waals surface area contributed by atoms with Crippen molar-refractivity contribution in [1.29, 1.82) is 0 Å². The molecule has 0 saturated carbocycles. The van der Waals surface area contributed by atoms with Crippen LogP contribution >= 0.6 is 0 Å². The zero-order valence-electron chi connectivity index (χ0n) is 11.6. The van der Waals surface area contributed by atoms with Crippen LogP contribution in [0.15, 0.2) is 18.3 Å². The Bertz CT molecular complexity index is 392. The highest BCUT2D eigenvalue weighted by Crippen LogP contribution is 2.21. The summed E-state index contributed by atoms with van der Waals surface area (Å²) >= 11 is 0. The predicted octanol–water partition coefficient (Wildman–Crippen LogP) is 1.81. The third kappa shape index (κ3) is 3.43. The molecule has 2 rings (SSSR count). The molecule has 1 aliphatic rings. The lowest BCUT2D eigenvalue weighted by Crippen LogP contribution is -2.48. The maximum absolute atomic E-state index is 5.73. The van der Waals surface area contributed by atoms with Crippen molar-refractivity contribution >= 4 is 5.82 Å². The van der Waals surface area contributed by atoms with Gasteiger partial charge in [-0.2, -0.15) is 0 Å². The molecule has 0 amide bonds. The highest BCUT2D eigenvalue weighted by molar-refractivity contribution is 5.42. The first-order chi connectivity index (χ1) is 8.61. The van der Waals surface area contributed by atoms with Gasteiger partial charge in [-0.1, -0.05) is 6.92 Å². The fraction of sp³-hybridized carbons (Fsp3) is 0.643. The Labute approximate surface area is 109 Å². The van der Waals surface area contributed by atoms with Crippen LogP contribution in [-0.2, 0) is 11.3 Å². The SMILES string of the molecule is CCNCc1ccnc(N2CCOC(C)(C)C2)c1. The van der Waals surface area contributed by atoms with Crippen LogP contribution in [0.5, 0.6) is 0 Å². The van der Waals surface area contributed by atoms with E-state index in [1.165, 1.54) is 5.56 Å². The topological polar surface area (TPSA) is 37.4 Å². The van der Waals surface area contributed by atoms with E-state index in [0.717, 1.165) is 38.6 Å². The lowest BCUT2D eigenvalue weighted by atomic mass is 10.1. The number of rotatable bonds is 4. The highest BCUT2D eigenvalue weighted by Gasteiger charge is 2.27. The van der Waals surface area contributed by atoms with Crippen LogP contribution in [0.4, 0.5) is 5.82 Å². The number of nitrogens with zero attached hydrogens (tertiary/aromatic N) is 2. The van der Waals surface area contributed by atoms with Gasteiger partial charge in [-0.05, 0) is 38.1 Å². The molecule has 1 aliphatic heterocycles. The van der Waals surface area contributed by atoms with Crippen molar-refractivity contribution in [3.63, 3.8) is 0 Å². The number of ether oxygens (including phenoxy) is 1. The predicted molar refractivity (Wildman–Crippen MR) is 73.9 cm³/mol. The molecule has 0 radical (unpaired) electrons. The molecule has 1 saturated heterocycles. The smallest absolute Gasteiger partial charge is 0.128 e. The van der Waals surface area contributed by atoms with Crippen LogP contribution in [0.25, 0.3) is 0 Å². The van der Waals surface area contributed by atoms with Crippen molar-refractivity contribution in [3.05, 3.63) is 23.9 Å². The van der Waals surface area contributed by atoms with E-state index in [9.17, 15) is 0 Å². The number of nitrogens with one attached hydrogen (secondary N) is 1. The third-order valence-electron chi connectivity index (χ3n) is 3.14. The van der Waals surface area contributed by atoms with Gasteiger partial charge in [0.25, 0.3) is 0 Å². The standard InChI is InChI=1S/C14H23N3O/c1-4-15-10-12-5-6-16-13(9-12)17-7-8-18-14(2,3)11-17/h5-6,9,15H,4,7-8,10-11H2,1-3H3. The average molecular weight is 249 g/mol. The summed E-state index contributed by atoms with van der Waals surface area (Å²) in [5, 5.41) is 3.34. The second-order valence-electron chi connectivity index (χ2n) is 5.33. The number of aromatic nitrogens is 1. The molecule has 0 bridgehead atoms. The zero-order chi connectivity index (χ0) is 13.0. The van der Waals surface area contributed by atoms with E-state index in [0.29, 0.717) is 0 Å². The normalized spacial score (nSPS) is 18.9. The van der Waals surface area contributed by atoms with Gasteiger partial charge in [0.05, 0.1) is 12.2 Å². The Morgan fingerprint density at radius 3 is 3.06 bits per heavy atom. The van der Waals surface area contributed by atoms with E-state index >= 15 is 0 Å². The Morgan fingerprint density at radius 1 is 1.50 bits per heavy atom. The average Bonchev–Trinajstić information content (AvgIpc) is 2.35. The second kappa shape index (κ2) is 5.67. The van der Waals surface area contributed by atoms with Crippen molar-refractivity contribution in [3.8, 4) is 0 Å². The summed E-state index contributed by atoms with van der Waals surface area (Å²) in [6.07, 6.45) is 1.89. The minimum atomic E-state index is -0.0857. The van der Waals surface area contributed by atoms with Gasteiger partial charge in [-0.3, -0.25) is 0 Å². The number of pyridine rings is 1. The Morgan fingerprint density at radius 2 is 2.33 bits per heavy atom. The highest BCUT2D eigenvalue weighted by atomic mass is 16.5. The van der Waals surface area contributed by atoms with Crippen molar-refractivity contribution in [2.24, 2.45) is 0 Å². The van der Waals surface area contributed by atoms with E-state index in [4.69, 9.17) is 4.74 Å². The van der Waals surface area contributed by atoms with E-state index in [2.05, 4.69) is 48.1 Å². The number of anilines is 1. The van der Waals surface area contributed by atoms with Crippen LogP contribution in [0.2, 0.25) is 0 Å². The molecule has 0 aromatic carbocycles. The molecule has 0 spiro atoms. The molecule has 4 heteroatoms. The van der Waals surface area contributed by atoms with Gasteiger partial charge < -0.3 is 15.0 Å². The molecular formula is C14H23N3O. The molecule has 1 fully saturated rings. The first-order valence-electron chi connectivity index (χ1n) is 6.65. The van der Waals surface area contributed by atoms with Gasteiger partial charge in [-0.15, -0.1) is 0 Å². The maximum atomic E-state index is 5.73. The molecule has 2 heterocycles. The Hall–Kier alpha value is -1.13. The Kier molecular flexibility index (Phi) is 4.19. The summed E-state index contributed by atoms with van der Waals surface area (Å²) in [6.45, 7) is 10.8. The summed E-state index contributed by atoms with van der Waals surface area (Å²) in [4.78, 5) is 6.78. The molecule has 1 aromatic rings. The van der Waals surface area contributed by atoms with Crippen LogP contribution in [0, 0.1) is 0 Å². The van der Waals surface area contributed by atoms with Crippen LogP contribution in [-0.4, -0.2) is 36.8 Å². The molecule has 0 aliphatic carbocycles. The Balaban J connectivity index is 2.07. The second-order valence-corrected chi connectivity index (χ2v) is 5.33. The summed E-state index contributed by atoms with van der Waals surface area (Å²) in [6, 6.07) is 4.24. The molecular weight excluding hydrogens is 226 g/mol. The monoisotopic (exact) mass is 249 g/mol. The maximum Gasteiger partial charge on any atom is 0.128 e. The van der Waals surface area contributed by atoms with Crippen LogP contribution in [0.3, 0.4) is 0 Å². The van der Waals surface area contributed by atoms with Crippen molar-refractivity contribution in [2.45, 2.75) is 32.9 Å². The van der Waals surface area contributed by atoms with Gasteiger partial charge in [0, 0.05) is 25.8 Å². The van der Waals surface area contributed by atoms with Crippen molar-refractivity contribution < 1.29 is 4.74 Å². The first kappa shape index (κ1) is 13.3. The molecule has 0 unspecified atom stereocenters. The number of morpholine rings is 1. The van der Waals surface area contributed by atoms with Crippen LogP contribution < -0.4 is 10.2 Å². The molecule has 18 heavy (non-hydrogen) atoms. The fourth-order valence-electron chi connectivity index (χ4n) is 2.22. The van der Waals surface area contributed by atoms with E-state index < -0.39 is 0 Å². The van der Waals surface area contributed by atoms with Gasteiger partial charge in [0.1, 0.15) is 5.82 Å². The van der Waals surface area contributed by atoms with Gasteiger partial charge in [0.2, 0.25) is 0 Å². The van der Waals surface area contributed by atoms with E-state index in [1.807, 2.05) is 6.20 Å². The minimum Gasteiger partial charge on any atom is -0.372 e. The van der Waals surface area contributed by atoms with E-state index in [-0.39, 0.29) is 5.60 Å². The summed E-state index contributed by atoms with van der Waals surface area (Å²) in [5.41, 5.74) is 1.20. The third-order valence-corrected chi connectivity index (χ3v) is 3.14. The van der Waals surface area contributed by atoms with Gasteiger partial charge in [0.15, 0.2) is 0 Å². The molecule has 1 aromatic heterocycles. The van der Waals surface area contributed by atoms with Crippen molar-refractivity contribution in [2.75, 3.05) is 31.1 Å². The molecule has 0 atom stereocenters. The van der Waals surface area contributed by atoms with Crippen LogP contribution in [0.1, 0.15) is 26.3 Å². The summed E-state index contributed by atoms with van der Waals surface area (Å²) in [5.74, 6) is 1.06. The minimum absolute atomic E-state index is 0.0857. The van der Waals surface area contributed by atoms with Gasteiger partial charge >= 0.3 is 0 Å². The van der Waals surface area contributed by atoms with E-state index in [1.54, 1.807) is 0 Å². The first-order valence-corrected chi connectivity index (χ1v) is 6.65. The number of hydrogen-bond donors (Lipinski definition) is 1. The lowest BCUT2D eigenvalue weighted by Gasteiger charge is -2.38. The van der Waals surface area contributed by atoms with Gasteiger partial charge in [-0.25, -0.2) is 4.98 Å². The molecule has 4 nitrogen and oxygen atoms in total. The number of hydrogen-bond acceptors (Lipinski definition) is 4. The summed E-state index contributed by atoms with van der Waals surface area (Å²) < 4.78 is 5.73. The largest absolute Gasteiger partial charge is 0.372 e. The van der Waals surface area contributed by atoms with Crippen molar-refractivity contribution in [1.82, 2.24) is 10.3 Å². The molecule has 1 N–H and O–H groups in total. The fourth-order valence-corrected chi connectivity index (χ4v) is 2.22. The molecule has 100 valence electrons. The lowest BCUT2D eigenvalue weighted by molar-refractivity contribution is -0.0279.